The highest BCUT2D eigenvalue weighted by Crippen LogP contribution is 1.91. The molecule has 0 amide bonds. The van der Waals surface area contributed by atoms with E-state index in [4.69, 9.17) is 0 Å². The first-order chi connectivity index (χ1) is 2.89. The molecule has 1 aliphatic rings. The number of hydrogen-bond acceptors (Lipinski definition) is 1. The molecular formula is C4H4N2. The van der Waals surface area contributed by atoms with Crippen molar-refractivity contribution in [3.8, 4) is 0 Å². The third-order valence-electron chi connectivity index (χ3n) is 0.535. The Kier molecular flexibility index (Phi) is 0.638. The van der Waals surface area contributed by atoms with Crippen molar-refractivity contribution in [2.45, 2.75) is 6.92 Å². The average molecular weight is 80.1 g/mol. The summed E-state index contributed by atoms with van der Waals surface area (Å²) < 4.78 is 0. The summed E-state index contributed by atoms with van der Waals surface area (Å²) in [6.45, 7) is 1.88. The van der Waals surface area contributed by atoms with Gasteiger partial charge in [-0.25, -0.2) is 10.3 Å². The van der Waals surface area contributed by atoms with Gasteiger partial charge in [0.15, 0.2) is 6.34 Å². The summed E-state index contributed by atoms with van der Waals surface area (Å²) >= 11 is 0. The highest BCUT2D eigenvalue weighted by atomic mass is 15.0. The molecule has 0 aromatic heterocycles. The zero-order chi connectivity index (χ0) is 4.41. The topological polar surface area (TPSA) is 26.5 Å². The van der Waals surface area contributed by atoms with Gasteiger partial charge in [-0.15, -0.1) is 0 Å². The highest BCUT2D eigenvalue weighted by Gasteiger charge is 1.89. The van der Waals surface area contributed by atoms with Crippen LogP contribution in [0.2, 0.25) is 0 Å². The normalized spacial score (nSPS) is 17.2. The van der Waals surface area contributed by atoms with Crippen LogP contribution in [0, 0.1) is 0 Å². The predicted molar refractivity (Wildman–Crippen MR) is 23.3 cm³/mol. The average Bonchev–Trinajstić information content (AvgIpc) is 1.86. The first kappa shape index (κ1) is 3.40. The van der Waals surface area contributed by atoms with Crippen LogP contribution in [0.3, 0.4) is 0 Å². The summed E-state index contributed by atoms with van der Waals surface area (Å²) in [5.74, 6) is 0. The Morgan fingerprint density at radius 1 is 1.83 bits per heavy atom. The zero-order valence-corrected chi connectivity index (χ0v) is 3.47. The molecule has 0 N–H and O–H groups in total. The molecule has 1 heterocycles. The van der Waals surface area contributed by atoms with Crippen LogP contribution in [0.25, 0.3) is 0 Å². The molecule has 0 spiro atoms. The second-order valence-corrected chi connectivity index (χ2v) is 1.11. The SMILES string of the molecule is CC1=CN=[C][N]1. The lowest BCUT2D eigenvalue weighted by atomic mass is 10.6. The summed E-state index contributed by atoms with van der Waals surface area (Å²) in [6.07, 6.45) is 4.10. The molecule has 0 atom stereocenters. The fourth-order valence-electron chi connectivity index (χ4n) is 0.259. The number of nitrogens with zero attached hydrogens (tertiary/aromatic N) is 2. The number of hydrogen-bond donors (Lipinski definition) is 0. The third-order valence-corrected chi connectivity index (χ3v) is 0.535. The van der Waals surface area contributed by atoms with E-state index in [1.54, 1.807) is 6.20 Å². The van der Waals surface area contributed by atoms with Crippen LogP contribution in [-0.2, 0) is 0 Å². The van der Waals surface area contributed by atoms with Gasteiger partial charge in [0.2, 0.25) is 0 Å². The van der Waals surface area contributed by atoms with Crippen LogP contribution in [0.1, 0.15) is 6.92 Å². The van der Waals surface area contributed by atoms with Gasteiger partial charge in [0, 0.05) is 0 Å². The molecule has 2 radical (unpaired) electrons. The van der Waals surface area contributed by atoms with Gasteiger partial charge >= 0.3 is 0 Å². The molecule has 0 fully saturated rings. The summed E-state index contributed by atoms with van der Waals surface area (Å²) in [7, 11) is 0. The van der Waals surface area contributed by atoms with E-state index in [-0.39, 0.29) is 0 Å². The van der Waals surface area contributed by atoms with Crippen molar-refractivity contribution in [3.63, 3.8) is 0 Å². The monoisotopic (exact) mass is 80.0 g/mol. The van der Waals surface area contributed by atoms with Gasteiger partial charge in [-0.3, -0.25) is 0 Å². The van der Waals surface area contributed by atoms with Crippen molar-refractivity contribution in [2.75, 3.05) is 0 Å². The van der Waals surface area contributed by atoms with Gasteiger partial charge in [-0.1, -0.05) is 0 Å². The van der Waals surface area contributed by atoms with E-state index < -0.39 is 0 Å². The first-order valence-electron chi connectivity index (χ1n) is 1.72. The van der Waals surface area contributed by atoms with E-state index >= 15 is 0 Å². The Hall–Kier alpha value is -0.790. The van der Waals surface area contributed by atoms with Gasteiger partial charge in [0.25, 0.3) is 0 Å². The maximum Gasteiger partial charge on any atom is 0.198 e. The minimum absolute atomic E-state index is 0.926. The van der Waals surface area contributed by atoms with Gasteiger partial charge in [-0.2, -0.15) is 0 Å². The standard InChI is InChI=1S/C4H4N2/c1-4-2-5-3-6-4/h2H,1H3. The van der Waals surface area contributed by atoms with Crippen LogP contribution >= 0.6 is 0 Å². The Balaban J connectivity index is 2.61. The molecule has 1 rings (SSSR count). The molecule has 2 nitrogen and oxygen atoms in total. The minimum atomic E-state index is 0.926. The molecule has 0 bridgehead atoms. The van der Waals surface area contributed by atoms with Crippen LogP contribution in [-0.4, -0.2) is 6.34 Å². The molecule has 0 saturated carbocycles. The lowest BCUT2D eigenvalue weighted by Gasteiger charge is -1.76. The van der Waals surface area contributed by atoms with Gasteiger partial charge in [0.05, 0.1) is 11.9 Å². The third kappa shape index (κ3) is 0.407. The van der Waals surface area contributed by atoms with Crippen LogP contribution < -0.4 is 5.32 Å². The van der Waals surface area contributed by atoms with Crippen molar-refractivity contribution in [1.82, 2.24) is 5.32 Å². The van der Waals surface area contributed by atoms with E-state index in [0.29, 0.717) is 0 Å². The Morgan fingerprint density at radius 2 is 2.67 bits per heavy atom. The zero-order valence-electron chi connectivity index (χ0n) is 3.47. The van der Waals surface area contributed by atoms with Gasteiger partial charge in [0.1, 0.15) is 0 Å². The molecular weight excluding hydrogens is 76.1 g/mol. The van der Waals surface area contributed by atoms with Crippen molar-refractivity contribution >= 4 is 6.34 Å². The molecule has 1 aliphatic heterocycles. The second-order valence-electron chi connectivity index (χ2n) is 1.11. The maximum atomic E-state index is 3.68. The molecule has 2 heteroatoms. The number of allylic oxidation sites excluding steroid dienone is 1. The molecule has 0 aliphatic carbocycles. The fourth-order valence-corrected chi connectivity index (χ4v) is 0.259. The molecule has 30 valence electrons. The molecule has 6 heavy (non-hydrogen) atoms. The van der Waals surface area contributed by atoms with Crippen molar-refractivity contribution in [3.05, 3.63) is 11.9 Å². The predicted octanol–water partition coefficient (Wildman–Crippen LogP) is 0.371. The van der Waals surface area contributed by atoms with Crippen LogP contribution in [0.4, 0.5) is 0 Å². The molecule has 0 unspecified atom stereocenters. The van der Waals surface area contributed by atoms with E-state index in [1.165, 1.54) is 0 Å². The Bertz CT molecular complexity index is 102. The van der Waals surface area contributed by atoms with E-state index in [1.807, 2.05) is 6.92 Å². The number of rotatable bonds is 0. The fraction of sp³-hybridized carbons (Fsp3) is 0.250. The Labute approximate surface area is 36.6 Å². The first-order valence-corrected chi connectivity index (χ1v) is 1.72. The van der Waals surface area contributed by atoms with Crippen LogP contribution in [0.5, 0.6) is 0 Å². The van der Waals surface area contributed by atoms with E-state index in [0.717, 1.165) is 5.70 Å². The largest absolute Gasteiger partial charge is 0.232 e. The van der Waals surface area contributed by atoms with E-state index in [9.17, 15) is 0 Å². The van der Waals surface area contributed by atoms with Crippen molar-refractivity contribution in [1.29, 1.82) is 0 Å². The lowest BCUT2D eigenvalue weighted by molar-refractivity contribution is 1.16. The van der Waals surface area contributed by atoms with E-state index in [2.05, 4.69) is 16.6 Å². The summed E-state index contributed by atoms with van der Waals surface area (Å²) in [5, 5.41) is 3.68. The van der Waals surface area contributed by atoms with Gasteiger partial charge in [-0.05, 0) is 6.92 Å². The smallest absolute Gasteiger partial charge is 0.198 e. The summed E-state index contributed by atoms with van der Waals surface area (Å²) in [6, 6.07) is 0. The second kappa shape index (κ2) is 1.12. The summed E-state index contributed by atoms with van der Waals surface area (Å²) in [4.78, 5) is 3.59. The molecule has 0 aromatic rings. The minimum Gasteiger partial charge on any atom is -0.232 e. The van der Waals surface area contributed by atoms with Crippen molar-refractivity contribution in [2.24, 2.45) is 4.99 Å². The lowest BCUT2D eigenvalue weighted by Crippen LogP contribution is -1.89. The Morgan fingerprint density at radius 3 is 2.83 bits per heavy atom. The number of aliphatic imine (C=N–C) groups is 1. The van der Waals surface area contributed by atoms with Gasteiger partial charge < -0.3 is 0 Å². The van der Waals surface area contributed by atoms with Crippen LogP contribution in [0.15, 0.2) is 16.9 Å². The maximum absolute atomic E-state index is 3.68. The summed E-state index contributed by atoms with van der Waals surface area (Å²) in [5.41, 5.74) is 0.926. The molecule has 0 aromatic carbocycles. The van der Waals surface area contributed by atoms with Crippen molar-refractivity contribution < 1.29 is 0 Å². The molecule has 0 saturated heterocycles. The highest BCUT2D eigenvalue weighted by molar-refractivity contribution is 5.60. The quantitative estimate of drug-likeness (QED) is 0.402.